The van der Waals surface area contributed by atoms with E-state index in [4.69, 9.17) is 28.9 Å². The van der Waals surface area contributed by atoms with Crippen molar-refractivity contribution < 1.29 is 0 Å². The monoisotopic (exact) mass is 307 g/mol. The molecular weight excluding hydrogens is 297 g/mol. The van der Waals surface area contributed by atoms with Crippen LogP contribution in [0.1, 0.15) is 0 Å². The maximum Gasteiger partial charge on any atom is 0.250 e. The third-order valence-electron chi connectivity index (χ3n) is 3.26. The Bertz CT molecular complexity index is 857. The van der Waals surface area contributed by atoms with Crippen molar-refractivity contribution in [3.05, 3.63) is 56.9 Å². The van der Waals surface area contributed by atoms with E-state index in [-0.39, 0.29) is 5.56 Å². The molecule has 0 aliphatic carbocycles. The summed E-state index contributed by atoms with van der Waals surface area (Å²) in [6.07, 6.45) is 1.83. The molecule has 1 aromatic carbocycles. The van der Waals surface area contributed by atoms with Gasteiger partial charge in [0.15, 0.2) is 0 Å². The van der Waals surface area contributed by atoms with Crippen LogP contribution in [0.25, 0.3) is 16.7 Å². The van der Waals surface area contributed by atoms with E-state index in [0.29, 0.717) is 21.4 Å². The molecule has 2 aromatic heterocycles. The second-order valence-corrected chi connectivity index (χ2v) is 5.33. The molecule has 0 aliphatic rings. The van der Waals surface area contributed by atoms with E-state index in [0.717, 1.165) is 11.0 Å². The molecule has 0 aliphatic heterocycles. The van der Waals surface area contributed by atoms with Gasteiger partial charge in [0.25, 0.3) is 5.56 Å². The molecule has 20 heavy (non-hydrogen) atoms. The molecule has 3 rings (SSSR count). The molecule has 0 atom stereocenters. The van der Waals surface area contributed by atoms with Crippen LogP contribution in [0, 0.1) is 0 Å². The quantitative estimate of drug-likeness (QED) is 0.702. The summed E-state index contributed by atoms with van der Waals surface area (Å²) in [5.41, 5.74) is 8.46. The van der Waals surface area contributed by atoms with Gasteiger partial charge < -0.3 is 14.9 Å². The highest BCUT2D eigenvalue weighted by atomic mass is 35.5. The van der Waals surface area contributed by atoms with Crippen LogP contribution in [-0.4, -0.2) is 9.13 Å². The Morgan fingerprint density at radius 3 is 2.35 bits per heavy atom. The van der Waals surface area contributed by atoms with E-state index < -0.39 is 0 Å². The van der Waals surface area contributed by atoms with Crippen molar-refractivity contribution in [1.29, 1.82) is 0 Å². The van der Waals surface area contributed by atoms with E-state index in [9.17, 15) is 4.79 Å². The first-order valence-electron chi connectivity index (χ1n) is 5.91. The summed E-state index contributed by atoms with van der Waals surface area (Å²) in [7, 11) is 1.72. The Hall–Kier alpha value is -1.91. The first-order valence-corrected chi connectivity index (χ1v) is 6.66. The molecule has 0 unspecified atom stereocenters. The molecule has 0 saturated carbocycles. The van der Waals surface area contributed by atoms with Crippen molar-refractivity contribution in [3.63, 3.8) is 0 Å². The van der Waals surface area contributed by atoms with Crippen molar-refractivity contribution in [1.82, 2.24) is 9.13 Å². The van der Waals surface area contributed by atoms with Crippen LogP contribution < -0.4 is 11.3 Å². The fourth-order valence-corrected chi connectivity index (χ4v) is 2.96. The van der Waals surface area contributed by atoms with Gasteiger partial charge in [0.1, 0.15) is 0 Å². The zero-order valence-corrected chi connectivity index (χ0v) is 12.1. The van der Waals surface area contributed by atoms with Crippen LogP contribution in [0.4, 0.5) is 5.69 Å². The first-order chi connectivity index (χ1) is 9.49. The Morgan fingerprint density at radius 2 is 1.70 bits per heavy atom. The molecule has 0 fully saturated rings. The third-order valence-corrected chi connectivity index (χ3v) is 3.84. The molecule has 3 aromatic rings. The summed E-state index contributed by atoms with van der Waals surface area (Å²) in [5, 5.41) is 0.919. The molecular formula is C14H11Cl2N3O. The van der Waals surface area contributed by atoms with Crippen LogP contribution in [0.3, 0.4) is 0 Å². The van der Waals surface area contributed by atoms with Crippen LogP contribution in [0.5, 0.6) is 0 Å². The summed E-state index contributed by atoms with van der Waals surface area (Å²) < 4.78 is 3.42. The molecule has 0 amide bonds. The van der Waals surface area contributed by atoms with Crippen LogP contribution in [0.2, 0.25) is 10.0 Å². The fraction of sp³-hybridized carbons (Fsp3) is 0.0714. The largest absolute Gasteiger partial charge is 0.399 e. The van der Waals surface area contributed by atoms with Crippen molar-refractivity contribution >= 4 is 39.9 Å². The Balaban J connectivity index is 2.37. The standard InChI is InChI=1S/C14H11Cl2N3O/c1-18-11-4-5-19(12(11)2-3-13(18)20)14-9(15)6-8(17)7-10(14)16/h2-7H,17H2,1H3. The second-order valence-electron chi connectivity index (χ2n) is 4.52. The van der Waals surface area contributed by atoms with E-state index in [1.54, 1.807) is 29.8 Å². The number of pyridine rings is 1. The van der Waals surface area contributed by atoms with E-state index in [2.05, 4.69) is 0 Å². The second kappa shape index (κ2) is 4.58. The van der Waals surface area contributed by atoms with E-state index >= 15 is 0 Å². The number of benzene rings is 1. The number of rotatable bonds is 1. The number of hydrogen-bond donors (Lipinski definition) is 1. The predicted octanol–water partition coefficient (Wildman–Crippen LogP) is 3.22. The Kier molecular flexibility index (Phi) is 3.00. The molecule has 102 valence electrons. The van der Waals surface area contributed by atoms with Crippen LogP contribution >= 0.6 is 23.2 Å². The average Bonchev–Trinajstić information content (AvgIpc) is 2.77. The molecule has 0 bridgehead atoms. The molecule has 2 N–H and O–H groups in total. The van der Waals surface area contributed by atoms with Gasteiger partial charge in [-0.15, -0.1) is 0 Å². The van der Waals surface area contributed by atoms with Crippen molar-refractivity contribution in [2.45, 2.75) is 0 Å². The molecule has 0 radical (unpaired) electrons. The van der Waals surface area contributed by atoms with Gasteiger partial charge in [-0.2, -0.15) is 0 Å². The lowest BCUT2D eigenvalue weighted by Crippen LogP contribution is -2.14. The number of hydrogen-bond acceptors (Lipinski definition) is 2. The molecule has 4 nitrogen and oxygen atoms in total. The van der Waals surface area contributed by atoms with E-state index in [1.165, 1.54) is 6.07 Å². The smallest absolute Gasteiger partial charge is 0.250 e. The molecule has 0 saturated heterocycles. The normalized spacial score (nSPS) is 11.2. The maximum atomic E-state index is 11.6. The SMILES string of the molecule is Cn1c(=O)ccc2c1ccn2-c1c(Cl)cc(N)cc1Cl. The molecule has 2 heterocycles. The number of halogens is 2. The van der Waals surface area contributed by atoms with Gasteiger partial charge in [0.05, 0.1) is 26.8 Å². The zero-order valence-electron chi connectivity index (χ0n) is 10.6. The lowest BCUT2D eigenvalue weighted by Gasteiger charge is -2.11. The van der Waals surface area contributed by atoms with Gasteiger partial charge in [0, 0.05) is 25.0 Å². The number of anilines is 1. The third kappa shape index (κ3) is 1.88. The summed E-state index contributed by atoms with van der Waals surface area (Å²) in [5.74, 6) is 0. The number of nitrogen functional groups attached to an aromatic ring is 1. The average molecular weight is 308 g/mol. The lowest BCUT2D eigenvalue weighted by molar-refractivity contribution is 0.905. The maximum absolute atomic E-state index is 11.6. The van der Waals surface area contributed by atoms with E-state index in [1.807, 2.05) is 16.8 Å². The minimum Gasteiger partial charge on any atom is -0.399 e. The first kappa shape index (κ1) is 13.1. The number of aryl methyl sites for hydroxylation is 1. The van der Waals surface area contributed by atoms with Gasteiger partial charge in [-0.1, -0.05) is 23.2 Å². The van der Waals surface area contributed by atoms with Crippen molar-refractivity contribution in [2.75, 3.05) is 5.73 Å². The fourth-order valence-electron chi connectivity index (χ4n) is 2.27. The topological polar surface area (TPSA) is 53.0 Å². The van der Waals surface area contributed by atoms with Gasteiger partial charge in [-0.25, -0.2) is 0 Å². The number of fused-ring (bicyclic) bond motifs is 1. The summed E-state index contributed by atoms with van der Waals surface area (Å²) >= 11 is 12.5. The Labute approximate surface area is 124 Å². The highest BCUT2D eigenvalue weighted by Gasteiger charge is 2.13. The lowest BCUT2D eigenvalue weighted by atomic mass is 10.2. The van der Waals surface area contributed by atoms with Crippen LogP contribution in [-0.2, 0) is 7.05 Å². The van der Waals surface area contributed by atoms with Crippen LogP contribution in [0.15, 0.2) is 41.3 Å². The van der Waals surface area contributed by atoms with Gasteiger partial charge in [-0.05, 0) is 24.3 Å². The molecule has 6 heteroatoms. The van der Waals surface area contributed by atoms with Gasteiger partial charge >= 0.3 is 0 Å². The van der Waals surface area contributed by atoms with Gasteiger partial charge in [-0.3, -0.25) is 4.79 Å². The highest BCUT2D eigenvalue weighted by molar-refractivity contribution is 6.38. The number of nitrogens with two attached hydrogens (primary N) is 1. The van der Waals surface area contributed by atoms with Crippen molar-refractivity contribution in [3.8, 4) is 5.69 Å². The summed E-state index contributed by atoms with van der Waals surface area (Å²) in [6.45, 7) is 0. The predicted molar refractivity (Wildman–Crippen MR) is 82.9 cm³/mol. The Morgan fingerprint density at radius 1 is 1.05 bits per heavy atom. The zero-order chi connectivity index (χ0) is 14.4. The summed E-state index contributed by atoms with van der Waals surface area (Å²) in [6, 6.07) is 8.41. The van der Waals surface area contributed by atoms with Gasteiger partial charge in [0.2, 0.25) is 0 Å². The molecule has 0 spiro atoms. The number of nitrogens with zero attached hydrogens (tertiary/aromatic N) is 2. The summed E-state index contributed by atoms with van der Waals surface area (Å²) in [4.78, 5) is 11.6. The highest BCUT2D eigenvalue weighted by Crippen LogP contribution is 2.33. The number of aromatic nitrogens is 2. The minimum absolute atomic E-state index is 0.0650. The van der Waals surface area contributed by atoms with Crippen molar-refractivity contribution in [2.24, 2.45) is 7.05 Å². The minimum atomic E-state index is -0.0650.